The molecule has 9 heteroatoms. The summed E-state index contributed by atoms with van der Waals surface area (Å²) in [4.78, 5) is 8.22. The van der Waals surface area contributed by atoms with E-state index in [0.29, 0.717) is 5.82 Å². The zero-order valence-corrected chi connectivity index (χ0v) is 13.7. The minimum absolute atomic E-state index is 0.0391. The van der Waals surface area contributed by atoms with Gasteiger partial charge in [0.05, 0.1) is 5.02 Å². The Kier molecular flexibility index (Phi) is 4.53. The number of sulfonamides is 1. The fourth-order valence-corrected chi connectivity index (χ4v) is 4.24. The van der Waals surface area contributed by atoms with Gasteiger partial charge in [0.2, 0.25) is 0 Å². The highest BCUT2D eigenvalue weighted by Gasteiger charge is 2.20. The number of nitrogens with zero attached hydrogens (tertiary/aromatic N) is 2. The number of rotatable bonds is 4. The van der Waals surface area contributed by atoms with Gasteiger partial charge in [-0.2, -0.15) is 0 Å². The maximum atomic E-state index is 12.2. The Morgan fingerprint density at radius 1 is 1.35 bits per heavy atom. The van der Waals surface area contributed by atoms with E-state index in [9.17, 15) is 8.42 Å². The highest BCUT2D eigenvalue weighted by atomic mass is 35.5. The number of aromatic nitrogens is 2. The van der Waals surface area contributed by atoms with Crippen molar-refractivity contribution in [2.45, 2.75) is 24.0 Å². The molecule has 2 aromatic rings. The van der Waals surface area contributed by atoms with Crippen molar-refractivity contribution in [1.82, 2.24) is 9.97 Å². The van der Waals surface area contributed by atoms with Gasteiger partial charge in [-0.25, -0.2) is 18.4 Å². The summed E-state index contributed by atoms with van der Waals surface area (Å²) < 4.78 is 27.0. The summed E-state index contributed by atoms with van der Waals surface area (Å²) in [6.45, 7) is 3.85. The second-order valence-electron chi connectivity index (χ2n) is 4.25. The average Bonchev–Trinajstić information content (AvgIpc) is 2.70. The molecule has 0 saturated heterocycles. The van der Waals surface area contributed by atoms with Crippen molar-refractivity contribution >= 4 is 50.4 Å². The molecule has 0 spiro atoms. The van der Waals surface area contributed by atoms with Crippen LogP contribution < -0.4 is 4.72 Å². The summed E-state index contributed by atoms with van der Waals surface area (Å²) in [7, 11) is -3.75. The lowest BCUT2D eigenvalue weighted by Crippen LogP contribution is -2.13. The summed E-state index contributed by atoms with van der Waals surface area (Å²) in [5, 5.41) is 0.211. The second-order valence-corrected chi connectivity index (χ2v) is 8.22. The highest BCUT2D eigenvalue weighted by molar-refractivity contribution is 7.94. The van der Waals surface area contributed by atoms with Gasteiger partial charge >= 0.3 is 0 Å². The summed E-state index contributed by atoms with van der Waals surface area (Å²) >= 11 is 12.4. The fraction of sp³-hybridized carbons (Fsp3) is 0.273. The third-order valence-corrected chi connectivity index (χ3v) is 6.01. The van der Waals surface area contributed by atoms with Gasteiger partial charge in [0.25, 0.3) is 10.0 Å². The molecule has 0 unspecified atom stereocenters. The van der Waals surface area contributed by atoms with Crippen LogP contribution in [-0.2, 0) is 10.0 Å². The third-order valence-electron chi connectivity index (χ3n) is 2.32. The molecule has 2 heterocycles. The topological polar surface area (TPSA) is 72.0 Å². The SMILES string of the molecule is CC(C)c1nccc(NS(=O)(=O)c2cc(Cl)c(Cl)s2)n1. The quantitative estimate of drug-likeness (QED) is 0.909. The molecule has 108 valence electrons. The lowest BCUT2D eigenvalue weighted by Gasteiger charge is -2.08. The Labute approximate surface area is 131 Å². The second kappa shape index (κ2) is 5.85. The maximum absolute atomic E-state index is 12.2. The van der Waals surface area contributed by atoms with Crippen LogP contribution in [0.15, 0.2) is 22.5 Å². The Balaban J connectivity index is 2.31. The van der Waals surface area contributed by atoms with E-state index in [1.807, 2.05) is 13.8 Å². The molecule has 2 aromatic heterocycles. The standard InChI is InChI=1S/C11H11Cl2N3O2S2/c1-6(2)11-14-4-3-8(15-11)16-20(17,18)9-5-7(12)10(13)19-9/h3-6H,1-2H3,(H,14,15,16). The molecule has 5 nitrogen and oxygen atoms in total. The van der Waals surface area contributed by atoms with E-state index in [4.69, 9.17) is 23.2 Å². The van der Waals surface area contributed by atoms with Crippen LogP contribution in [0.1, 0.15) is 25.6 Å². The molecule has 0 saturated carbocycles. The summed E-state index contributed by atoms with van der Waals surface area (Å²) in [6.07, 6.45) is 1.51. The first kappa shape index (κ1) is 15.5. The van der Waals surface area contributed by atoms with Gasteiger partial charge in [-0.3, -0.25) is 4.72 Å². The fourth-order valence-electron chi connectivity index (χ4n) is 1.36. The third kappa shape index (κ3) is 3.41. The van der Waals surface area contributed by atoms with Crippen LogP contribution in [0.5, 0.6) is 0 Å². The van der Waals surface area contributed by atoms with E-state index in [0.717, 1.165) is 11.3 Å². The van der Waals surface area contributed by atoms with Gasteiger partial charge in [-0.1, -0.05) is 37.0 Å². The van der Waals surface area contributed by atoms with Crippen LogP contribution in [-0.4, -0.2) is 18.4 Å². The van der Waals surface area contributed by atoms with Crippen molar-refractivity contribution in [1.29, 1.82) is 0 Å². The molecule has 0 aliphatic carbocycles. The lowest BCUT2D eigenvalue weighted by molar-refractivity contribution is 0.603. The molecule has 0 atom stereocenters. The average molecular weight is 352 g/mol. The largest absolute Gasteiger partial charge is 0.272 e. The smallest absolute Gasteiger partial charge is 0.263 e. The van der Waals surface area contributed by atoms with Crippen molar-refractivity contribution in [3.63, 3.8) is 0 Å². The van der Waals surface area contributed by atoms with Crippen LogP contribution in [0.3, 0.4) is 0 Å². The Hall–Kier alpha value is -0.890. The van der Waals surface area contributed by atoms with E-state index in [-0.39, 0.29) is 25.3 Å². The van der Waals surface area contributed by atoms with E-state index in [1.165, 1.54) is 18.3 Å². The first-order valence-electron chi connectivity index (χ1n) is 5.60. The van der Waals surface area contributed by atoms with Gasteiger partial charge < -0.3 is 0 Å². The molecule has 0 amide bonds. The van der Waals surface area contributed by atoms with E-state index >= 15 is 0 Å². The molecule has 0 aromatic carbocycles. The predicted molar refractivity (Wildman–Crippen MR) is 81.3 cm³/mol. The number of thiophene rings is 1. The minimum atomic E-state index is -3.75. The molecule has 0 radical (unpaired) electrons. The van der Waals surface area contributed by atoms with Gasteiger partial charge in [-0.15, -0.1) is 11.3 Å². The number of anilines is 1. The molecule has 0 aliphatic rings. The number of hydrogen-bond acceptors (Lipinski definition) is 5. The first-order chi connectivity index (χ1) is 9.29. The van der Waals surface area contributed by atoms with Crippen molar-refractivity contribution < 1.29 is 8.42 Å². The molecule has 0 fully saturated rings. The highest BCUT2D eigenvalue weighted by Crippen LogP contribution is 2.34. The Morgan fingerprint density at radius 3 is 2.60 bits per heavy atom. The molecule has 2 rings (SSSR count). The van der Waals surface area contributed by atoms with Crippen LogP contribution in [0.25, 0.3) is 0 Å². The number of halogens is 2. The zero-order valence-electron chi connectivity index (χ0n) is 10.6. The monoisotopic (exact) mass is 351 g/mol. The van der Waals surface area contributed by atoms with Gasteiger partial charge in [0, 0.05) is 12.1 Å². The summed E-state index contributed by atoms with van der Waals surface area (Å²) in [5.74, 6) is 0.877. The number of hydrogen-bond donors (Lipinski definition) is 1. The van der Waals surface area contributed by atoms with Crippen LogP contribution in [0.4, 0.5) is 5.82 Å². The summed E-state index contributed by atoms with van der Waals surface area (Å²) in [5.41, 5.74) is 0. The Morgan fingerprint density at radius 2 is 2.05 bits per heavy atom. The number of nitrogens with one attached hydrogen (secondary N) is 1. The van der Waals surface area contributed by atoms with Crippen LogP contribution >= 0.6 is 34.5 Å². The van der Waals surface area contributed by atoms with E-state index in [1.54, 1.807) is 0 Å². The predicted octanol–water partition coefficient (Wildman–Crippen LogP) is 3.77. The normalized spacial score (nSPS) is 11.8. The molecule has 20 heavy (non-hydrogen) atoms. The molecule has 1 N–H and O–H groups in total. The van der Waals surface area contributed by atoms with Crippen molar-refractivity contribution in [3.05, 3.63) is 33.5 Å². The van der Waals surface area contributed by atoms with E-state index in [2.05, 4.69) is 14.7 Å². The minimum Gasteiger partial charge on any atom is -0.263 e. The molecular weight excluding hydrogens is 341 g/mol. The van der Waals surface area contributed by atoms with Crippen molar-refractivity contribution in [2.24, 2.45) is 0 Å². The van der Waals surface area contributed by atoms with Crippen molar-refractivity contribution in [3.8, 4) is 0 Å². The van der Waals surface area contributed by atoms with Crippen LogP contribution in [0, 0.1) is 0 Å². The molecular formula is C11H11Cl2N3O2S2. The summed E-state index contributed by atoms with van der Waals surface area (Å²) in [6, 6.07) is 2.79. The molecule has 0 bridgehead atoms. The van der Waals surface area contributed by atoms with E-state index < -0.39 is 10.0 Å². The molecule has 0 aliphatic heterocycles. The van der Waals surface area contributed by atoms with Crippen LogP contribution in [0.2, 0.25) is 9.36 Å². The van der Waals surface area contributed by atoms with Gasteiger partial charge in [0.15, 0.2) is 0 Å². The first-order valence-corrected chi connectivity index (χ1v) is 8.66. The zero-order chi connectivity index (χ0) is 14.9. The van der Waals surface area contributed by atoms with Crippen molar-refractivity contribution in [2.75, 3.05) is 4.72 Å². The maximum Gasteiger partial charge on any atom is 0.272 e. The van der Waals surface area contributed by atoms with Gasteiger partial charge in [0.1, 0.15) is 20.2 Å². The lowest BCUT2D eigenvalue weighted by atomic mass is 10.2. The van der Waals surface area contributed by atoms with Gasteiger partial charge in [-0.05, 0) is 12.1 Å². The Bertz CT molecular complexity index is 710.